The normalized spacial score (nSPS) is 14.2. The van der Waals surface area contributed by atoms with E-state index in [1.165, 1.54) is 0 Å². The summed E-state index contributed by atoms with van der Waals surface area (Å²) >= 11 is 2.16. The Morgan fingerprint density at radius 3 is 2.82 bits per heavy atom. The van der Waals surface area contributed by atoms with Gasteiger partial charge in [-0.2, -0.15) is 0 Å². The lowest BCUT2D eigenvalue weighted by molar-refractivity contribution is -0.148. The Bertz CT molecular complexity index is 443. The minimum absolute atomic E-state index is 0.0282. The van der Waals surface area contributed by atoms with E-state index < -0.39 is 0 Å². The Labute approximate surface area is 113 Å². The number of amides is 1. The highest BCUT2D eigenvalue weighted by molar-refractivity contribution is 14.1. The van der Waals surface area contributed by atoms with Gasteiger partial charge < -0.3 is 10.1 Å². The molecule has 0 radical (unpaired) electrons. The summed E-state index contributed by atoms with van der Waals surface area (Å²) in [6.07, 6.45) is 1.77. The first-order chi connectivity index (χ1) is 8.15. The number of nitrogens with one attached hydrogen (secondary N) is 1. The molecule has 0 heterocycles. The van der Waals surface area contributed by atoms with Gasteiger partial charge in [0.25, 0.3) is 5.91 Å². The zero-order chi connectivity index (χ0) is 12.3. The topological polar surface area (TPSA) is 55.4 Å². The lowest BCUT2D eigenvalue weighted by Crippen LogP contribution is -2.21. The van der Waals surface area contributed by atoms with E-state index in [-0.39, 0.29) is 24.4 Å². The van der Waals surface area contributed by atoms with Gasteiger partial charge in [-0.05, 0) is 53.6 Å². The molecule has 1 saturated carbocycles. The van der Waals surface area contributed by atoms with Gasteiger partial charge in [0, 0.05) is 9.26 Å². The van der Waals surface area contributed by atoms with Crippen molar-refractivity contribution >= 4 is 40.2 Å². The molecule has 1 aromatic carbocycles. The van der Waals surface area contributed by atoms with Crippen LogP contribution in [-0.2, 0) is 14.3 Å². The van der Waals surface area contributed by atoms with Gasteiger partial charge in [0.2, 0.25) is 0 Å². The molecule has 1 fully saturated rings. The number of ether oxygens (including phenoxy) is 1. The molecule has 1 aliphatic rings. The molecule has 2 rings (SSSR count). The van der Waals surface area contributed by atoms with Gasteiger partial charge in [-0.3, -0.25) is 9.59 Å². The molecule has 0 saturated heterocycles. The van der Waals surface area contributed by atoms with Crippen LogP contribution < -0.4 is 5.32 Å². The van der Waals surface area contributed by atoms with E-state index in [2.05, 4.69) is 27.9 Å². The average molecular weight is 345 g/mol. The Hall–Kier alpha value is -1.11. The number of carbonyl (C=O) groups is 2. The second-order valence-electron chi connectivity index (χ2n) is 3.94. The lowest BCUT2D eigenvalue weighted by atomic mass is 10.3. The Morgan fingerprint density at radius 1 is 1.41 bits per heavy atom. The summed E-state index contributed by atoms with van der Waals surface area (Å²) in [7, 11) is 0. The summed E-state index contributed by atoms with van der Waals surface area (Å²) in [5.74, 6) is -0.538. The van der Waals surface area contributed by atoms with Crippen molar-refractivity contribution in [2.75, 3.05) is 11.9 Å². The second kappa shape index (κ2) is 5.48. The molecule has 0 atom stereocenters. The van der Waals surface area contributed by atoms with Crippen LogP contribution in [0.5, 0.6) is 0 Å². The summed E-state index contributed by atoms with van der Waals surface area (Å²) in [6.45, 7) is -0.208. The molecule has 0 spiro atoms. The summed E-state index contributed by atoms with van der Waals surface area (Å²) < 4.78 is 5.91. The molecule has 4 nitrogen and oxygen atoms in total. The van der Waals surface area contributed by atoms with Crippen molar-refractivity contribution in [1.82, 2.24) is 0 Å². The van der Waals surface area contributed by atoms with E-state index in [1.54, 1.807) is 6.07 Å². The number of hydrogen-bond acceptors (Lipinski definition) is 3. The maximum atomic E-state index is 11.5. The molecule has 0 unspecified atom stereocenters. The molecule has 0 aliphatic heterocycles. The van der Waals surface area contributed by atoms with Gasteiger partial charge >= 0.3 is 5.97 Å². The van der Waals surface area contributed by atoms with Crippen molar-refractivity contribution in [3.05, 3.63) is 27.8 Å². The fraction of sp³-hybridized carbons (Fsp3) is 0.333. The van der Waals surface area contributed by atoms with E-state index in [4.69, 9.17) is 4.74 Å². The molecule has 17 heavy (non-hydrogen) atoms. The largest absolute Gasteiger partial charge is 0.455 e. The highest BCUT2D eigenvalue weighted by Crippen LogP contribution is 2.29. The van der Waals surface area contributed by atoms with Crippen LogP contribution >= 0.6 is 22.6 Å². The predicted molar refractivity (Wildman–Crippen MR) is 71.5 cm³/mol. The van der Waals surface area contributed by atoms with Crippen LogP contribution in [0.15, 0.2) is 24.3 Å². The summed E-state index contributed by atoms with van der Waals surface area (Å²) in [4.78, 5) is 22.7. The molecule has 1 aliphatic carbocycles. The number of esters is 1. The molecule has 90 valence electrons. The second-order valence-corrected chi connectivity index (χ2v) is 5.19. The molecule has 0 aromatic heterocycles. The predicted octanol–water partition coefficient (Wildman–Crippen LogP) is 2.18. The average Bonchev–Trinajstić information content (AvgIpc) is 3.09. The standard InChI is InChI=1S/C12H12INO3/c13-9-2-1-3-10(6-9)14-11(15)7-17-12(16)8-4-5-8/h1-3,6,8H,4-5,7H2,(H,14,15). The maximum absolute atomic E-state index is 11.5. The number of hydrogen-bond donors (Lipinski definition) is 1. The van der Waals surface area contributed by atoms with E-state index in [1.807, 2.05) is 18.2 Å². The zero-order valence-electron chi connectivity index (χ0n) is 9.11. The van der Waals surface area contributed by atoms with Crippen LogP contribution in [-0.4, -0.2) is 18.5 Å². The van der Waals surface area contributed by atoms with Crippen LogP contribution in [0.1, 0.15) is 12.8 Å². The lowest BCUT2D eigenvalue weighted by Gasteiger charge is -2.06. The highest BCUT2D eigenvalue weighted by Gasteiger charge is 2.31. The zero-order valence-corrected chi connectivity index (χ0v) is 11.3. The molecular formula is C12H12INO3. The first-order valence-electron chi connectivity index (χ1n) is 5.37. The van der Waals surface area contributed by atoms with Crippen LogP contribution in [0.3, 0.4) is 0 Å². The number of carbonyl (C=O) groups excluding carboxylic acids is 2. The van der Waals surface area contributed by atoms with Gasteiger partial charge in [-0.15, -0.1) is 0 Å². The Morgan fingerprint density at radius 2 is 2.18 bits per heavy atom. The van der Waals surface area contributed by atoms with Gasteiger partial charge in [0.05, 0.1) is 5.92 Å². The molecule has 1 N–H and O–H groups in total. The quantitative estimate of drug-likeness (QED) is 0.672. The molecule has 1 aromatic rings. The van der Waals surface area contributed by atoms with E-state index in [0.29, 0.717) is 5.69 Å². The van der Waals surface area contributed by atoms with E-state index in [0.717, 1.165) is 16.4 Å². The summed E-state index contributed by atoms with van der Waals surface area (Å²) in [6, 6.07) is 7.43. The third kappa shape index (κ3) is 3.99. The minimum atomic E-state index is -0.305. The van der Waals surface area contributed by atoms with Crippen LogP contribution in [0.2, 0.25) is 0 Å². The fourth-order valence-electron chi connectivity index (χ4n) is 1.34. The number of benzene rings is 1. The van der Waals surface area contributed by atoms with Crippen molar-refractivity contribution in [2.24, 2.45) is 5.92 Å². The van der Waals surface area contributed by atoms with Crippen molar-refractivity contribution in [1.29, 1.82) is 0 Å². The number of halogens is 1. The van der Waals surface area contributed by atoms with E-state index >= 15 is 0 Å². The van der Waals surface area contributed by atoms with Gasteiger partial charge in [-0.25, -0.2) is 0 Å². The molecule has 5 heteroatoms. The van der Waals surface area contributed by atoms with E-state index in [9.17, 15) is 9.59 Å². The third-order valence-electron chi connectivity index (χ3n) is 2.36. The summed E-state index contributed by atoms with van der Waals surface area (Å²) in [5, 5.41) is 2.68. The molecular weight excluding hydrogens is 333 g/mol. The minimum Gasteiger partial charge on any atom is -0.455 e. The monoisotopic (exact) mass is 345 g/mol. The van der Waals surface area contributed by atoms with Gasteiger partial charge in [0.15, 0.2) is 6.61 Å². The third-order valence-corrected chi connectivity index (χ3v) is 3.04. The first kappa shape index (κ1) is 12.3. The fourth-order valence-corrected chi connectivity index (χ4v) is 1.88. The van der Waals surface area contributed by atoms with Crippen molar-refractivity contribution in [2.45, 2.75) is 12.8 Å². The van der Waals surface area contributed by atoms with Crippen LogP contribution in [0.25, 0.3) is 0 Å². The van der Waals surface area contributed by atoms with Crippen molar-refractivity contribution in [3.8, 4) is 0 Å². The maximum Gasteiger partial charge on any atom is 0.309 e. The molecule has 0 bridgehead atoms. The Balaban J connectivity index is 1.78. The highest BCUT2D eigenvalue weighted by atomic mass is 127. The SMILES string of the molecule is O=C(COC(=O)C1CC1)Nc1cccc(I)c1. The summed E-state index contributed by atoms with van der Waals surface area (Å²) in [5.41, 5.74) is 0.712. The smallest absolute Gasteiger partial charge is 0.309 e. The van der Waals surface area contributed by atoms with Crippen LogP contribution in [0.4, 0.5) is 5.69 Å². The number of rotatable bonds is 4. The van der Waals surface area contributed by atoms with Gasteiger partial charge in [-0.1, -0.05) is 6.07 Å². The first-order valence-corrected chi connectivity index (χ1v) is 6.45. The van der Waals surface area contributed by atoms with Gasteiger partial charge in [0.1, 0.15) is 0 Å². The molecule has 1 amide bonds. The van der Waals surface area contributed by atoms with Crippen molar-refractivity contribution < 1.29 is 14.3 Å². The number of anilines is 1. The van der Waals surface area contributed by atoms with Crippen LogP contribution in [0, 0.1) is 9.49 Å². The Kier molecular flexibility index (Phi) is 3.98. The van der Waals surface area contributed by atoms with Crippen molar-refractivity contribution in [3.63, 3.8) is 0 Å².